The predicted octanol–water partition coefficient (Wildman–Crippen LogP) is 4.42. The molecular weight excluding hydrogens is 422 g/mol. The van der Waals surface area contributed by atoms with Crippen LogP contribution in [-0.4, -0.2) is 24.6 Å². The minimum absolute atomic E-state index is 0.0483. The topological polar surface area (TPSA) is 79.8 Å². The molecule has 148 valence electrons. The molecule has 0 aromatic heterocycles. The SMILES string of the molecule is CCCOc1ccc(Br)cc1C=NNC(=O)CCC(=O)Nc1ccc(C)cc1. The van der Waals surface area contributed by atoms with Gasteiger partial charge in [-0.2, -0.15) is 5.10 Å². The fourth-order valence-corrected chi connectivity index (χ4v) is 2.66. The van der Waals surface area contributed by atoms with Gasteiger partial charge in [-0.3, -0.25) is 9.59 Å². The highest BCUT2D eigenvalue weighted by atomic mass is 79.9. The van der Waals surface area contributed by atoms with E-state index in [-0.39, 0.29) is 24.7 Å². The van der Waals surface area contributed by atoms with Crippen molar-refractivity contribution in [2.75, 3.05) is 11.9 Å². The number of nitrogens with zero attached hydrogens (tertiary/aromatic N) is 1. The highest BCUT2D eigenvalue weighted by Gasteiger charge is 2.07. The van der Waals surface area contributed by atoms with Gasteiger partial charge < -0.3 is 10.1 Å². The third kappa shape index (κ3) is 7.52. The Kier molecular flexibility index (Phi) is 8.68. The lowest BCUT2D eigenvalue weighted by molar-refractivity contribution is -0.124. The molecule has 0 aliphatic rings. The van der Waals surface area contributed by atoms with Crippen LogP contribution in [0, 0.1) is 6.92 Å². The lowest BCUT2D eigenvalue weighted by atomic mass is 10.2. The molecule has 0 saturated heterocycles. The van der Waals surface area contributed by atoms with Gasteiger partial charge in [0.15, 0.2) is 0 Å². The Bertz CT molecular complexity index is 835. The number of amides is 2. The summed E-state index contributed by atoms with van der Waals surface area (Å²) in [5.41, 5.74) is 5.02. The van der Waals surface area contributed by atoms with E-state index in [0.29, 0.717) is 18.0 Å². The van der Waals surface area contributed by atoms with Crippen molar-refractivity contribution in [3.63, 3.8) is 0 Å². The van der Waals surface area contributed by atoms with Crippen LogP contribution in [0.2, 0.25) is 0 Å². The van der Waals surface area contributed by atoms with Crippen molar-refractivity contribution in [2.24, 2.45) is 5.10 Å². The number of benzene rings is 2. The van der Waals surface area contributed by atoms with E-state index >= 15 is 0 Å². The Morgan fingerprint density at radius 1 is 1.11 bits per heavy atom. The molecule has 2 amide bonds. The van der Waals surface area contributed by atoms with Crippen LogP contribution in [0.5, 0.6) is 5.75 Å². The fourth-order valence-electron chi connectivity index (χ4n) is 2.28. The lowest BCUT2D eigenvalue weighted by Gasteiger charge is -2.08. The van der Waals surface area contributed by atoms with Crippen molar-refractivity contribution < 1.29 is 14.3 Å². The number of hydrogen-bond donors (Lipinski definition) is 2. The van der Waals surface area contributed by atoms with Gasteiger partial charge in [0.25, 0.3) is 0 Å². The number of anilines is 1. The molecular formula is C21H24BrN3O3. The van der Waals surface area contributed by atoms with Crippen LogP contribution in [-0.2, 0) is 9.59 Å². The summed E-state index contributed by atoms with van der Waals surface area (Å²) in [6, 6.07) is 13.1. The molecule has 28 heavy (non-hydrogen) atoms. The molecule has 2 aromatic rings. The Balaban J connectivity index is 1.81. The number of carbonyl (C=O) groups is 2. The highest BCUT2D eigenvalue weighted by molar-refractivity contribution is 9.10. The van der Waals surface area contributed by atoms with Crippen LogP contribution in [0.1, 0.15) is 37.3 Å². The van der Waals surface area contributed by atoms with Gasteiger partial charge in [0.2, 0.25) is 11.8 Å². The van der Waals surface area contributed by atoms with Crippen molar-refractivity contribution in [2.45, 2.75) is 33.1 Å². The monoisotopic (exact) mass is 445 g/mol. The third-order valence-corrected chi connectivity index (χ3v) is 4.23. The third-order valence-electron chi connectivity index (χ3n) is 3.74. The number of hydrazone groups is 1. The molecule has 0 radical (unpaired) electrons. The molecule has 0 bridgehead atoms. The molecule has 0 saturated carbocycles. The van der Waals surface area contributed by atoms with Crippen LogP contribution in [0.4, 0.5) is 5.69 Å². The summed E-state index contributed by atoms with van der Waals surface area (Å²) in [4.78, 5) is 23.8. The second-order valence-electron chi connectivity index (χ2n) is 6.24. The Morgan fingerprint density at radius 3 is 2.54 bits per heavy atom. The quantitative estimate of drug-likeness (QED) is 0.442. The number of halogens is 1. The van der Waals surface area contributed by atoms with Gasteiger partial charge in [0.05, 0.1) is 12.8 Å². The van der Waals surface area contributed by atoms with E-state index in [9.17, 15) is 9.59 Å². The number of carbonyl (C=O) groups excluding carboxylic acids is 2. The Labute approximate surface area is 173 Å². The highest BCUT2D eigenvalue weighted by Crippen LogP contribution is 2.22. The first-order valence-corrected chi connectivity index (χ1v) is 9.88. The number of hydrogen-bond acceptors (Lipinski definition) is 4. The van der Waals surface area contributed by atoms with E-state index in [1.807, 2.05) is 56.3 Å². The van der Waals surface area contributed by atoms with E-state index in [1.54, 1.807) is 0 Å². The first-order chi connectivity index (χ1) is 13.5. The van der Waals surface area contributed by atoms with Gasteiger partial charge in [-0.1, -0.05) is 40.5 Å². The first kappa shape index (κ1) is 21.6. The molecule has 0 fully saturated rings. The van der Waals surface area contributed by atoms with Crippen molar-refractivity contribution in [1.29, 1.82) is 0 Å². The second-order valence-corrected chi connectivity index (χ2v) is 7.15. The van der Waals surface area contributed by atoms with E-state index in [0.717, 1.165) is 22.0 Å². The predicted molar refractivity (Wildman–Crippen MR) is 115 cm³/mol. The van der Waals surface area contributed by atoms with E-state index in [2.05, 4.69) is 31.8 Å². The fraction of sp³-hybridized carbons (Fsp3) is 0.286. The summed E-state index contributed by atoms with van der Waals surface area (Å²) in [6.07, 6.45) is 2.55. The summed E-state index contributed by atoms with van der Waals surface area (Å²) in [6.45, 7) is 4.61. The van der Waals surface area contributed by atoms with Gasteiger partial charge in [-0.05, 0) is 43.7 Å². The van der Waals surface area contributed by atoms with E-state index in [4.69, 9.17) is 4.74 Å². The van der Waals surface area contributed by atoms with Crippen LogP contribution < -0.4 is 15.5 Å². The van der Waals surface area contributed by atoms with Gasteiger partial charge in [0, 0.05) is 28.6 Å². The Morgan fingerprint density at radius 2 is 1.82 bits per heavy atom. The molecule has 2 N–H and O–H groups in total. The molecule has 7 heteroatoms. The number of ether oxygens (including phenoxy) is 1. The van der Waals surface area contributed by atoms with Gasteiger partial charge in [-0.25, -0.2) is 5.43 Å². The zero-order chi connectivity index (χ0) is 20.4. The zero-order valence-electron chi connectivity index (χ0n) is 16.0. The summed E-state index contributed by atoms with van der Waals surface area (Å²) in [5, 5.41) is 6.73. The minimum atomic E-state index is -0.332. The molecule has 0 heterocycles. The van der Waals surface area contributed by atoms with Crippen LogP contribution in [0.25, 0.3) is 0 Å². The average Bonchev–Trinajstić information content (AvgIpc) is 2.67. The second kappa shape index (κ2) is 11.2. The molecule has 0 atom stereocenters. The lowest BCUT2D eigenvalue weighted by Crippen LogP contribution is -2.20. The maximum atomic E-state index is 11.9. The standard InChI is InChI=1S/C21H24BrN3O3/c1-3-12-28-19-9-6-17(22)13-16(19)14-23-25-21(27)11-10-20(26)24-18-7-4-15(2)5-8-18/h4-9,13-14H,3,10-12H2,1-2H3,(H,24,26)(H,25,27). The normalized spacial score (nSPS) is 10.7. The largest absolute Gasteiger partial charge is 0.493 e. The summed E-state index contributed by atoms with van der Waals surface area (Å²) in [7, 11) is 0. The number of rotatable bonds is 9. The minimum Gasteiger partial charge on any atom is -0.493 e. The van der Waals surface area contributed by atoms with E-state index < -0.39 is 0 Å². The summed E-state index contributed by atoms with van der Waals surface area (Å²) >= 11 is 3.41. The summed E-state index contributed by atoms with van der Waals surface area (Å²) < 4.78 is 6.55. The van der Waals surface area contributed by atoms with Crippen molar-refractivity contribution >= 4 is 39.6 Å². The molecule has 2 rings (SSSR count). The Hall–Kier alpha value is -2.67. The maximum absolute atomic E-state index is 11.9. The van der Waals surface area contributed by atoms with Crippen LogP contribution in [0.3, 0.4) is 0 Å². The summed E-state index contributed by atoms with van der Waals surface area (Å²) in [5.74, 6) is 0.145. The van der Waals surface area contributed by atoms with E-state index in [1.165, 1.54) is 6.21 Å². The van der Waals surface area contributed by atoms with Crippen molar-refractivity contribution in [1.82, 2.24) is 5.43 Å². The zero-order valence-corrected chi connectivity index (χ0v) is 17.6. The molecule has 0 spiro atoms. The molecule has 2 aromatic carbocycles. The van der Waals surface area contributed by atoms with Crippen molar-refractivity contribution in [3.8, 4) is 5.75 Å². The number of aryl methyl sites for hydroxylation is 1. The van der Waals surface area contributed by atoms with Crippen LogP contribution in [0.15, 0.2) is 52.0 Å². The molecule has 0 aliphatic carbocycles. The number of nitrogens with one attached hydrogen (secondary N) is 2. The van der Waals surface area contributed by atoms with Gasteiger partial charge in [-0.15, -0.1) is 0 Å². The average molecular weight is 446 g/mol. The smallest absolute Gasteiger partial charge is 0.240 e. The van der Waals surface area contributed by atoms with Crippen LogP contribution >= 0.6 is 15.9 Å². The van der Waals surface area contributed by atoms with Gasteiger partial charge in [0.1, 0.15) is 5.75 Å². The van der Waals surface area contributed by atoms with Crippen molar-refractivity contribution in [3.05, 3.63) is 58.1 Å². The maximum Gasteiger partial charge on any atom is 0.240 e. The first-order valence-electron chi connectivity index (χ1n) is 9.08. The van der Waals surface area contributed by atoms with Gasteiger partial charge >= 0.3 is 0 Å². The molecule has 0 unspecified atom stereocenters. The molecule has 6 nitrogen and oxygen atoms in total. The molecule has 0 aliphatic heterocycles.